The topological polar surface area (TPSA) is 38.7 Å². The molecule has 1 saturated heterocycles. The maximum Gasteiger partial charge on any atom is 0.0558 e. The minimum atomic E-state index is 0.134. The summed E-state index contributed by atoms with van der Waals surface area (Å²) in [6.45, 7) is 9.77. The van der Waals surface area contributed by atoms with Gasteiger partial charge in [0.15, 0.2) is 0 Å². The van der Waals surface area contributed by atoms with Gasteiger partial charge in [-0.25, -0.2) is 0 Å². The fourth-order valence-electron chi connectivity index (χ4n) is 3.29. The van der Waals surface area contributed by atoms with Gasteiger partial charge in [0.05, 0.1) is 6.61 Å². The van der Waals surface area contributed by atoms with Crippen molar-refractivity contribution >= 4 is 0 Å². The SMILES string of the molecule is CNCC(C)(CN1CCN(CCO)CC1)c1ccccc1. The number of benzene rings is 1. The number of β-amino-alcohol motifs (C(OH)–C–C–N with tert-alkyl or cyclic N) is 1. The van der Waals surface area contributed by atoms with Crippen LogP contribution in [-0.2, 0) is 5.41 Å². The van der Waals surface area contributed by atoms with Crippen LogP contribution in [0, 0.1) is 0 Å². The monoisotopic (exact) mass is 291 g/mol. The zero-order chi connectivity index (χ0) is 15.1. The molecule has 1 aromatic carbocycles. The average Bonchev–Trinajstić information content (AvgIpc) is 2.51. The van der Waals surface area contributed by atoms with E-state index in [0.29, 0.717) is 0 Å². The summed E-state index contributed by atoms with van der Waals surface area (Å²) in [6.07, 6.45) is 0. The fraction of sp³-hybridized carbons (Fsp3) is 0.647. The Bertz CT molecular complexity index is 404. The molecule has 0 aliphatic carbocycles. The lowest BCUT2D eigenvalue weighted by Crippen LogP contribution is -2.52. The fourth-order valence-corrected chi connectivity index (χ4v) is 3.29. The van der Waals surface area contributed by atoms with Crippen LogP contribution in [0.25, 0.3) is 0 Å². The second-order valence-corrected chi connectivity index (χ2v) is 6.30. The molecule has 1 aliphatic heterocycles. The summed E-state index contributed by atoms with van der Waals surface area (Å²) in [5.74, 6) is 0. The Labute approximate surface area is 128 Å². The summed E-state index contributed by atoms with van der Waals surface area (Å²) in [5.41, 5.74) is 1.53. The molecule has 1 heterocycles. The lowest BCUT2D eigenvalue weighted by molar-refractivity contribution is 0.0971. The molecule has 4 heteroatoms. The van der Waals surface area contributed by atoms with Gasteiger partial charge >= 0.3 is 0 Å². The van der Waals surface area contributed by atoms with E-state index in [0.717, 1.165) is 45.8 Å². The molecule has 0 amide bonds. The normalized spacial score (nSPS) is 20.3. The molecule has 4 nitrogen and oxygen atoms in total. The number of hydrogen-bond acceptors (Lipinski definition) is 4. The Kier molecular flexibility index (Phi) is 6.18. The van der Waals surface area contributed by atoms with E-state index in [2.05, 4.69) is 52.4 Å². The molecular formula is C17H29N3O. The highest BCUT2D eigenvalue weighted by Crippen LogP contribution is 2.24. The van der Waals surface area contributed by atoms with Crippen molar-refractivity contribution in [3.05, 3.63) is 35.9 Å². The molecule has 1 fully saturated rings. The van der Waals surface area contributed by atoms with Gasteiger partial charge in [-0.1, -0.05) is 37.3 Å². The summed E-state index contributed by atoms with van der Waals surface area (Å²) in [4.78, 5) is 4.90. The maximum absolute atomic E-state index is 9.03. The van der Waals surface area contributed by atoms with Crippen molar-refractivity contribution in [1.82, 2.24) is 15.1 Å². The number of aliphatic hydroxyl groups is 1. The van der Waals surface area contributed by atoms with E-state index in [1.165, 1.54) is 5.56 Å². The van der Waals surface area contributed by atoms with Crippen molar-refractivity contribution < 1.29 is 5.11 Å². The Balaban J connectivity index is 1.98. The van der Waals surface area contributed by atoms with Gasteiger partial charge in [0.25, 0.3) is 0 Å². The van der Waals surface area contributed by atoms with E-state index in [4.69, 9.17) is 5.11 Å². The van der Waals surface area contributed by atoms with Gasteiger partial charge in [-0.15, -0.1) is 0 Å². The minimum absolute atomic E-state index is 0.134. The Morgan fingerprint density at radius 2 is 1.71 bits per heavy atom. The molecule has 0 saturated carbocycles. The predicted molar refractivity (Wildman–Crippen MR) is 87.7 cm³/mol. The molecule has 1 atom stereocenters. The van der Waals surface area contributed by atoms with Crippen LogP contribution in [0.15, 0.2) is 30.3 Å². The third kappa shape index (κ3) is 4.51. The zero-order valence-corrected chi connectivity index (χ0v) is 13.4. The molecular weight excluding hydrogens is 262 g/mol. The first-order chi connectivity index (χ1) is 10.2. The number of nitrogens with zero attached hydrogens (tertiary/aromatic N) is 2. The molecule has 1 aromatic rings. The Hall–Kier alpha value is -0.940. The van der Waals surface area contributed by atoms with Crippen LogP contribution in [0.4, 0.5) is 0 Å². The summed E-state index contributed by atoms with van der Waals surface area (Å²) in [6, 6.07) is 10.8. The van der Waals surface area contributed by atoms with Crippen LogP contribution in [0.5, 0.6) is 0 Å². The quantitative estimate of drug-likeness (QED) is 0.778. The van der Waals surface area contributed by atoms with Gasteiger partial charge in [-0.3, -0.25) is 9.80 Å². The van der Waals surface area contributed by atoms with Gasteiger partial charge in [-0.05, 0) is 12.6 Å². The zero-order valence-electron chi connectivity index (χ0n) is 13.4. The van der Waals surface area contributed by atoms with Crippen LogP contribution in [0.2, 0.25) is 0 Å². The summed E-state index contributed by atoms with van der Waals surface area (Å²) in [5, 5.41) is 12.4. The van der Waals surface area contributed by atoms with E-state index in [9.17, 15) is 0 Å². The van der Waals surface area contributed by atoms with Gasteiger partial charge in [0.1, 0.15) is 0 Å². The molecule has 1 unspecified atom stereocenters. The standard InChI is InChI=1S/C17H29N3O/c1-17(14-18-2,16-6-4-3-5-7-16)15-20-10-8-19(9-11-20)12-13-21/h3-7,18,21H,8-15H2,1-2H3. The molecule has 118 valence electrons. The van der Waals surface area contributed by atoms with Crippen LogP contribution in [0.3, 0.4) is 0 Å². The highest BCUT2D eigenvalue weighted by Gasteiger charge is 2.29. The van der Waals surface area contributed by atoms with Gasteiger partial charge in [0.2, 0.25) is 0 Å². The number of aliphatic hydroxyl groups excluding tert-OH is 1. The molecule has 0 aromatic heterocycles. The third-order valence-electron chi connectivity index (χ3n) is 4.49. The van der Waals surface area contributed by atoms with Crippen molar-refractivity contribution in [3.8, 4) is 0 Å². The second-order valence-electron chi connectivity index (χ2n) is 6.30. The lowest BCUT2D eigenvalue weighted by atomic mass is 9.81. The maximum atomic E-state index is 9.03. The first kappa shape index (κ1) is 16.4. The van der Waals surface area contributed by atoms with Crippen LogP contribution in [-0.4, -0.2) is 74.4 Å². The second kappa shape index (κ2) is 7.90. The van der Waals surface area contributed by atoms with E-state index in [1.54, 1.807) is 0 Å². The third-order valence-corrected chi connectivity index (χ3v) is 4.49. The predicted octanol–water partition coefficient (Wildman–Crippen LogP) is 0.774. The molecule has 0 bridgehead atoms. The van der Waals surface area contributed by atoms with Crippen molar-refractivity contribution in [3.63, 3.8) is 0 Å². The lowest BCUT2D eigenvalue weighted by Gasteiger charge is -2.40. The number of piperazine rings is 1. The van der Waals surface area contributed by atoms with Crippen LogP contribution < -0.4 is 5.32 Å². The van der Waals surface area contributed by atoms with Crippen molar-refractivity contribution in [2.24, 2.45) is 0 Å². The largest absolute Gasteiger partial charge is 0.395 e. The number of likely N-dealkylation sites (N-methyl/N-ethyl adjacent to an activating group) is 1. The minimum Gasteiger partial charge on any atom is -0.395 e. The smallest absolute Gasteiger partial charge is 0.0558 e. The number of rotatable bonds is 7. The Morgan fingerprint density at radius 3 is 2.29 bits per heavy atom. The van der Waals surface area contributed by atoms with E-state index in [-0.39, 0.29) is 12.0 Å². The molecule has 0 spiro atoms. The molecule has 21 heavy (non-hydrogen) atoms. The van der Waals surface area contributed by atoms with Gasteiger partial charge < -0.3 is 10.4 Å². The summed E-state index contributed by atoms with van der Waals surface area (Å²) in [7, 11) is 2.03. The van der Waals surface area contributed by atoms with Crippen LogP contribution >= 0.6 is 0 Å². The first-order valence-corrected chi connectivity index (χ1v) is 7.93. The molecule has 2 rings (SSSR count). The average molecular weight is 291 g/mol. The number of hydrogen-bond donors (Lipinski definition) is 2. The van der Waals surface area contributed by atoms with Crippen LogP contribution in [0.1, 0.15) is 12.5 Å². The molecule has 1 aliphatic rings. The molecule has 0 radical (unpaired) electrons. The summed E-state index contributed by atoms with van der Waals surface area (Å²) < 4.78 is 0. The van der Waals surface area contributed by atoms with Gasteiger partial charge in [0, 0.05) is 51.2 Å². The Morgan fingerprint density at radius 1 is 1.10 bits per heavy atom. The first-order valence-electron chi connectivity index (χ1n) is 7.93. The van der Waals surface area contributed by atoms with E-state index >= 15 is 0 Å². The van der Waals surface area contributed by atoms with Crippen molar-refractivity contribution in [2.45, 2.75) is 12.3 Å². The highest BCUT2D eigenvalue weighted by molar-refractivity contribution is 5.25. The number of nitrogens with one attached hydrogen (secondary N) is 1. The van der Waals surface area contributed by atoms with Crippen molar-refractivity contribution in [2.75, 3.05) is 59.5 Å². The molecule has 2 N–H and O–H groups in total. The van der Waals surface area contributed by atoms with Gasteiger partial charge in [-0.2, -0.15) is 0 Å². The van der Waals surface area contributed by atoms with E-state index in [1.807, 2.05) is 7.05 Å². The summed E-state index contributed by atoms with van der Waals surface area (Å²) >= 11 is 0. The van der Waals surface area contributed by atoms with Crippen molar-refractivity contribution in [1.29, 1.82) is 0 Å². The van der Waals surface area contributed by atoms with E-state index < -0.39 is 0 Å². The highest BCUT2D eigenvalue weighted by atomic mass is 16.3.